The lowest BCUT2D eigenvalue weighted by Gasteiger charge is -2.16. The number of ether oxygens (including phenoxy) is 2. The van der Waals surface area contributed by atoms with Crippen molar-refractivity contribution in [1.29, 1.82) is 0 Å². The first kappa shape index (κ1) is 13.5. The molecule has 0 bridgehead atoms. The number of carbonyl (C=O) groups is 1. The van der Waals surface area contributed by atoms with Crippen molar-refractivity contribution in [3.05, 3.63) is 23.8 Å². The summed E-state index contributed by atoms with van der Waals surface area (Å²) in [5.41, 5.74) is 1.35. The number of methoxy groups -OCH3 is 1. The molecule has 0 spiro atoms. The number of hydrogen-bond acceptors (Lipinski definition) is 5. The van der Waals surface area contributed by atoms with E-state index in [9.17, 15) is 4.79 Å². The van der Waals surface area contributed by atoms with Crippen LogP contribution in [0.15, 0.2) is 22.6 Å². The summed E-state index contributed by atoms with van der Waals surface area (Å²) in [6.07, 6.45) is 4.87. The maximum Gasteiger partial charge on any atom is 0.194 e. The molecule has 20 heavy (non-hydrogen) atoms. The summed E-state index contributed by atoms with van der Waals surface area (Å²) < 4.78 is 15.6. The number of nitrogens with zero attached hydrogens (tertiary/aromatic N) is 1. The van der Waals surface area contributed by atoms with Crippen molar-refractivity contribution < 1.29 is 14.3 Å². The van der Waals surface area contributed by atoms with Crippen molar-refractivity contribution in [3.63, 3.8) is 0 Å². The zero-order valence-electron chi connectivity index (χ0n) is 11.4. The van der Waals surface area contributed by atoms with E-state index in [1.807, 2.05) is 18.2 Å². The maximum absolute atomic E-state index is 11.8. The van der Waals surface area contributed by atoms with E-state index in [0.29, 0.717) is 23.0 Å². The molecule has 1 saturated carbocycles. The van der Waals surface area contributed by atoms with Gasteiger partial charge in [0.1, 0.15) is 5.71 Å². The van der Waals surface area contributed by atoms with Gasteiger partial charge < -0.3 is 9.47 Å². The summed E-state index contributed by atoms with van der Waals surface area (Å²) in [4.78, 5) is 11.8. The van der Waals surface area contributed by atoms with Crippen LogP contribution in [0.3, 0.4) is 0 Å². The first-order valence-electron chi connectivity index (χ1n) is 6.86. The van der Waals surface area contributed by atoms with E-state index in [0.717, 1.165) is 18.4 Å². The van der Waals surface area contributed by atoms with Crippen LogP contribution >= 0.6 is 11.9 Å². The van der Waals surface area contributed by atoms with E-state index in [1.54, 1.807) is 7.11 Å². The Labute approximate surface area is 122 Å². The molecule has 1 aliphatic heterocycles. The molecule has 1 heterocycles. The van der Waals surface area contributed by atoms with E-state index < -0.39 is 0 Å². The van der Waals surface area contributed by atoms with Gasteiger partial charge >= 0.3 is 0 Å². The average molecular weight is 291 g/mol. The molecule has 106 valence electrons. The molecule has 1 aromatic carbocycles. The van der Waals surface area contributed by atoms with E-state index in [2.05, 4.69) is 4.40 Å². The molecule has 0 N–H and O–H groups in total. The molecule has 0 unspecified atom stereocenters. The van der Waals surface area contributed by atoms with Gasteiger partial charge in [-0.3, -0.25) is 4.79 Å². The SMILES string of the molecule is COc1ccc(C2=NSCC2=O)cc1OC1CCCC1. The Balaban J connectivity index is 1.88. The zero-order chi connectivity index (χ0) is 13.9. The fraction of sp³-hybridized carbons (Fsp3) is 0.467. The number of Topliss-reactive ketones (excluding diaryl/α,β-unsaturated/α-hetero) is 1. The van der Waals surface area contributed by atoms with Gasteiger partial charge in [0.2, 0.25) is 0 Å². The third kappa shape index (κ3) is 2.68. The van der Waals surface area contributed by atoms with Gasteiger partial charge in [-0.15, -0.1) is 0 Å². The van der Waals surface area contributed by atoms with Crippen LogP contribution in [0.2, 0.25) is 0 Å². The monoisotopic (exact) mass is 291 g/mol. The predicted molar refractivity (Wildman–Crippen MR) is 79.9 cm³/mol. The fourth-order valence-electron chi connectivity index (χ4n) is 2.59. The highest BCUT2D eigenvalue weighted by Crippen LogP contribution is 2.33. The van der Waals surface area contributed by atoms with Crippen LogP contribution in [0, 0.1) is 0 Å². The quantitative estimate of drug-likeness (QED) is 0.800. The number of carbonyl (C=O) groups excluding carboxylic acids is 1. The van der Waals surface area contributed by atoms with Crippen LogP contribution in [0.4, 0.5) is 0 Å². The van der Waals surface area contributed by atoms with Crippen molar-refractivity contribution in [2.45, 2.75) is 31.8 Å². The molecule has 4 nitrogen and oxygen atoms in total. The predicted octanol–water partition coefficient (Wildman–Crippen LogP) is 3.04. The molecule has 1 aliphatic carbocycles. The number of hydrogen-bond donors (Lipinski definition) is 0. The van der Waals surface area contributed by atoms with Gasteiger partial charge in [-0.2, -0.15) is 0 Å². The van der Waals surface area contributed by atoms with Crippen molar-refractivity contribution in [1.82, 2.24) is 0 Å². The summed E-state index contributed by atoms with van der Waals surface area (Å²) in [6, 6.07) is 5.58. The lowest BCUT2D eigenvalue weighted by molar-refractivity contribution is -0.110. The number of benzene rings is 1. The highest BCUT2D eigenvalue weighted by molar-refractivity contribution is 7.99. The minimum Gasteiger partial charge on any atom is -0.493 e. The Morgan fingerprint density at radius 3 is 2.70 bits per heavy atom. The van der Waals surface area contributed by atoms with Crippen LogP contribution in [0.1, 0.15) is 31.2 Å². The molecular formula is C15H17NO3S. The van der Waals surface area contributed by atoms with Crippen LogP contribution in [0.25, 0.3) is 0 Å². The fourth-order valence-corrected chi connectivity index (χ4v) is 3.25. The smallest absolute Gasteiger partial charge is 0.194 e. The third-order valence-electron chi connectivity index (χ3n) is 3.65. The Hall–Kier alpha value is -1.49. The first-order valence-corrected chi connectivity index (χ1v) is 7.80. The Kier molecular flexibility index (Phi) is 3.96. The van der Waals surface area contributed by atoms with Gasteiger partial charge in [-0.05, 0) is 55.8 Å². The van der Waals surface area contributed by atoms with Gasteiger partial charge in [-0.1, -0.05) is 0 Å². The Morgan fingerprint density at radius 1 is 1.25 bits per heavy atom. The molecule has 0 aromatic heterocycles. The highest BCUT2D eigenvalue weighted by Gasteiger charge is 2.23. The summed E-state index contributed by atoms with van der Waals surface area (Å²) in [7, 11) is 1.63. The van der Waals surface area contributed by atoms with Gasteiger partial charge in [0.15, 0.2) is 17.3 Å². The second-order valence-corrected chi connectivity index (χ2v) is 5.76. The van der Waals surface area contributed by atoms with Gasteiger partial charge in [0.05, 0.1) is 19.0 Å². The largest absolute Gasteiger partial charge is 0.493 e. The first-order chi connectivity index (χ1) is 9.78. The molecule has 5 heteroatoms. The highest BCUT2D eigenvalue weighted by atomic mass is 32.2. The van der Waals surface area contributed by atoms with Crippen molar-refractivity contribution >= 4 is 23.4 Å². The second kappa shape index (κ2) is 5.87. The Bertz CT molecular complexity index is 550. The molecule has 0 amide bonds. The van der Waals surface area contributed by atoms with Gasteiger partial charge in [0, 0.05) is 5.56 Å². The van der Waals surface area contributed by atoms with Gasteiger partial charge in [-0.25, -0.2) is 4.40 Å². The lowest BCUT2D eigenvalue weighted by atomic mass is 10.1. The third-order valence-corrected chi connectivity index (χ3v) is 4.35. The molecular weight excluding hydrogens is 274 g/mol. The molecule has 0 radical (unpaired) electrons. The average Bonchev–Trinajstić information content (AvgIpc) is 3.10. The van der Waals surface area contributed by atoms with E-state index >= 15 is 0 Å². The number of rotatable bonds is 4. The summed E-state index contributed by atoms with van der Waals surface area (Å²) >= 11 is 1.30. The molecule has 1 aromatic rings. The normalized spacial score (nSPS) is 19.2. The summed E-state index contributed by atoms with van der Waals surface area (Å²) in [6.45, 7) is 0. The van der Waals surface area contributed by atoms with Gasteiger partial charge in [0.25, 0.3) is 0 Å². The topological polar surface area (TPSA) is 47.9 Å². The Morgan fingerprint density at radius 2 is 2.05 bits per heavy atom. The van der Waals surface area contributed by atoms with Crippen LogP contribution in [0.5, 0.6) is 11.5 Å². The maximum atomic E-state index is 11.8. The zero-order valence-corrected chi connectivity index (χ0v) is 12.2. The van der Waals surface area contributed by atoms with Crippen LogP contribution in [-0.2, 0) is 4.79 Å². The minimum absolute atomic E-state index is 0.0759. The van der Waals surface area contributed by atoms with E-state index in [1.165, 1.54) is 24.8 Å². The molecule has 3 rings (SSSR count). The molecule has 1 fully saturated rings. The van der Waals surface area contributed by atoms with Crippen LogP contribution in [-0.4, -0.2) is 30.5 Å². The molecule has 0 atom stereocenters. The van der Waals surface area contributed by atoms with Crippen molar-refractivity contribution in [3.8, 4) is 11.5 Å². The molecule has 2 aliphatic rings. The van der Waals surface area contributed by atoms with Crippen LogP contribution < -0.4 is 9.47 Å². The minimum atomic E-state index is 0.0759. The summed E-state index contributed by atoms with van der Waals surface area (Å²) in [5, 5.41) is 0. The van der Waals surface area contributed by atoms with E-state index in [-0.39, 0.29) is 11.9 Å². The summed E-state index contributed by atoms with van der Waals surface area (Å²) in [5.74, 6) is 1.93. The van der Waals surface area contributed by atoms with Crippen molar-refractivity contribution in [2.24, 2.45) is 4.40 Å². The number of ketones is 1. The molecule has 0 saturated heterocycles. The second-order valence-electron chi connectivity index (χ2n) is 5.03. The van der Waals surface area contributed by atoms with Crippen molar-refractivity contribution in [2.75, 3.05) is 12.9 Å². The standard InChI is InChI=1S/C15H17NO3S/c1-18-13-7-6-10(15-12(17)9-20-16-15)8-14(13)19-11-4-2-3-5-11/h6-8,11H,2-5,9H2,1H3. The lowest BCUT2D eigenvalue weighted by Crippen LogP contribution is -2.14. The van der Waals surface area contributed by atoms with E-state index in [4.69, 9.17) is 9.47 Å².